The quantitative estimate of drug-likeness (QED) is 0.747. The molecule has 1 unspecified atom stereocenters. The van der Waals surface area contributed by atoms with Gasteiger partial charge in [-0.3, -0.25) is 14.3 Å². The molecular formula is C20H20ClN5O. The molecule has 0 radical (unpaired) electrons. The van der Waals surface area contributed by atoms with Gasteiger partial charge in [-0.25, -0.2) is 0 Å². The summed E-state index contributed by atoms with van der Waals surface area (Å²) in [5.74, 6) is 0.896. The standard InChI is InChI=1S/C20H20ClN5O/c1-13-23-24-19-16(8-5-11-22)20(27)26(15-6-3-2-4-7-15)18-12-14(21)9-10-17(18)25(13)19/h2-4,6-7,9-10,12,16H,5,8,11,22H2,1H3. The van der Waals surface area contributed by atoms with Crippen molar-refractivity contribution in [3.8, 4) is 5.69 Å². The van der Waals surface area contributed by atoms with Crippen molar-refractivity contribution in [2.45, 2.75) is 25.7 Å². The number of carbonyl (C=O) groups excluding carboxylic acids is 1. The summed E-state index contributed by atoms with van der Waals surface area (Å²) >= 11 is 6.30. The van der Waals surface area contributed by atoms with Crippen LogP contribution in [0.15, 0.2) is 48.5 Å². The average Bonchev–Trinajstić information content (AvgIpc) is 3.00. The number of aromatic nitrogens is 3. The van der Waals surface area contributed by atoms with Crippen molar-refractivity contribution in [1.82, 2.24) is 14.8 Å². The van der Waals surface area contributed by atoms with E-state index in [1.807, 2.05) is 60.0 Å². The number of para-hydroxylation sites is 1. The first-order valence-electron chi connectivity index (χ1n) is 8.92. The zero-order chi connectivity index (χ0) is 19.0. The molecule has 1 atom stereocenters. The molecule has 1 aliphatic rings. The lowest BCUT2D eigenvalue weighted by atomic mass is 10.00. The molecule has 3 aromatic rings. The van der Waals surface area contributed by atoms with Crippen LogP contribution in [0.25, 0.3) is 5.69 Å². The molecule has 138 valence electrons. The second-order valence-corrected chi connectivity index (χ2v) is 7.00. The zero-order valence-electron chi connectivity index (χ0n) is 15.0. The molecule has 4 rings (SSSR count). The Balaban J connectivity index is 1.99. The fraction of sp³-hybridized carbons (Fsp3) is 0.250. The van der Waals surface area contributed by atoms with Gasteiger partial charge in [0.05, 0.1) is 17.3 Å². The number of nitrogens with two attached hydrogens (primary N) is 1. The molecule has 0 saturated heterocycles. The van der Waals surface area contributed by atoms with Crippen molar-refractivity contribution < 1.29 is 4.79 Å². The Labute approximate surface area is 162 Å². The number of halogens is 1. The Kier molecular flexibility index (Phi) is 4.68. The molecule has 27 heavy (non-hydrogen) atoms. The van der Waals surface area contributed by atoms with Crippen LogP contribution in [0.2, 0.25) is 5.02 Å². The molecule has 0 bridgehead atoms. The van der Waals surface area contributed by atoms with Gasteiger partial charge in [-0.15, -0.1) is 10.2 Å². The Morgan fingerprint density at radius 1 is 1.11 bits per heavy atom. The van der Waals surface area contributed by atoms with Gasteiger partial charge in [0.2, 0.25) is 5.91 Å². The second-order valence-electron chi connectivity index (χ2n) is 6.57. The van der Waals surface area contributed by atoms with Crippen LogP contribution >= 0.6 is 11.6 Å². The fourth-order valence-electron chi connectivity index (χ4n) is 3.57. The maximum atomic E-state index is 13.7. The number of fused-ring (bicyclic) bond motifs is 3. The van der Waals surface area contributed by atoms with E-state index in [4.69, 9.17) is 17.3 Å². The Hall–Kier alpha value is -2.70. The van der Waals surface area contributed by atoms with Crippen LogP contribution in [0.4, 0.5) is 11.4 Å². The molecule has 0 spiro atoms. The molecule has 6 nitrogen and oxygen atoms in total. The van der Waals surface area contributed by atoms with E-state index < -0.39 is 5.92 Å². The zero-order valence-corrected chi connectivity index (χ0v) is 15.7. The molecule has 2 heterocycles. The molecule has 2 N–H and O–H groups in total. The molecule has 0 saturated carbocycles. The number of anilines is 2. The summed E-state index contributed by atoms with van der Waals surface area (Å²) in [5, 5.41) is 9.14. The third kappa shape index (κ3) is 3.01. The summed E-state index contributed by atoms with van der Waals surface area (Å²) in [6.07, 6.45) is 1.33. The molecular weight excluding hydrogens is 362 g/mol. The Bertz CT molecular complexity index is 985. The van der Waals surface area contributed by atoms with Crippen LogP contribution in [-0.4, -0.2) is 27.2 Å². The highest BCUT2D eigenvalue weighted by molar-refractivity contribution is 6.31. The Morgan fingerprint density at radius 2 is 1.89 bits per heavy atom. The highest BCUT2D eigenvalue weighted by Gasteiger charge is 2.37. The molecule has 1 amide bonds. The number of amides is 1. The topological polar surface area (TPSA) is 77.0 Å². The SMILES string of the molecule is Cc1nnc2n1-c1ccc(Cl)cc1N(c1ccccc1)C(=O)C2CCCN. The van der Waals surface area contributed by atoms with E-state index >= 15 is 0 Å². The molecule has 0 aliphatic carbocycles. The van der Waals surface area contributed by atoms with Crippen molar-refractivity contribution in [3.63, 3.8) is 0 Å². The lowest BCUT2D eigenvalue weighted by Gasteiger charge is -2.25. The van der Waals surface area contributed by atoms with Gasteiger partial charge in [0, 0.05) is 10.7 Å². The summed E-state index contributed by atoms with van der Waals surface area (Å²) < 4.78 is 1.95. The first-order chi connectivity index (χ1) is 13.1. The summed E-state index contributed by atoms with van der Waals surface area (Å²) in [6, 6.07) is 15.1. The van der Waals surface area contributed by atoms with Crippen molar-refractivity contribution in [2.75, 3.05) is 11.4 Å². The van der Waals surface area contributed by atoms with Crippen molar-refractivity contribution in [3.05, 3.63) is 65.2 Å². The van der Waals surface area contributed by atoms with Crippen LogP contribution in [0.3, 0.4) is 0 Å². The van der Waals surface area contributed by atoms with Gasteiger partial charge in [0.25, 0.3) is 0 Å². The van der Waals surface area contributed by atoms with E-state index in [0.717, 1.165) is 29.3 Å². The number of nitrogens with zero attached hydrogens (tertiary/aromatic N) is 4. The summed E-state index contributed by atoms with van der Waals surface area (Å²) in [4.78, 5) is 15.4. The Morgan fingerprint density at radius 3 is 2.63 bits per heavy atom. The first-order valence-corrected chi connectivity index (χ1v) is 9.30. The smallest absolute Gasteiger partial charge is 0.242 e. The van der Waals surface area contributed by atoms with Gasteiger partial charge >= 0.3 is 0 Å². The van der Waals surface area contributed by atoms with E-state index in [1.165, 1.54) is 0 Å². The lowest BCUT2D eigenvalue weighted by molar-refractivity contribution is -0.119. The number of aryl methyl sites for hydroxylation is 1. The largest absolute Gasteiger partial charge is 0.330 e. The number of benzene rings is 2. The van der Waals surface area contributed by atoms with E-state index in [0.29, 0.717) is 23.8 Å². The van der Waals surface area contributed by atoms with E-state index in [-0.39, 0.29) is 5.91 Å². The van der Waals surface area contributed by atoms with Crippen LogP contribution in [0.5, 0.6) is 0 Å². The third-order valence-electron chi connectivity index (χ3n) is 4.81. The van der Waals surface area contributed by atoms with Gasteiger partial charge in [-0.1, -0.05) is 29.8 Å². The van der Waals surface area contributed by atoms with E-state index in [2.05, 4.69) is 10.2 Å². The van der Waals surface area contributed by atoms with Crippen LogP contribution in [0, 0.1) is 6.92 Å². The third-order valence-corrected chi connectivity index (χ3v) is 5.05. The van der Waals surface area contributed by atoms with Crippen molar-refractivity contribution in [2.24, 2.45) is 5.73 Å². The summed E-state index contributed by atoms with van der Waals surface area (Å²) in [5.41, 5.74) is 8.07. The number of carbonyl (C=O) groups is 1. The van der Waals surface area contributed by atoms with Crippen LogP contribution < -0.4 is 10.6 Å². The molecule has 2 aromatic carbocycles. The first kappa shape index (κ1) is 17.7. The van der Waals surface area contributed by atoms with Crippen molar-refractivity contribution in [1.29, 1.82) is 0 Å². The number of hydrogen-bond acceptors (Lipinski definition) is 4. The summed E-state index contributed by atoms with van der Waals surface area (Å²) in [6.45, 7) is 2.40. The highest BCUT2D eigenvalue weighted by Crippen LogP contribution is 2.41. The van der Waals surface area contributed by atoms with Gasteiger partial charge in [-0.2, -0.15) is 0 Å². The second kappa shape index (κ2) is 7.13. The average molecular weight is 382 g/mol. The van der Waals surface area contributed by atoms with Crippen LogP contribution in [0.1, 0.15) is 30.4 Å². The van der Waals surface area contributed by atoms with Crippen molar-refractivity contribution >= 4 is 28.9 Å². The lowest BCUT2D eigenvalue weighted by Crippen LogP contribution is -2.31. The molecule has 0 fully saturated rings. The maximum absolute atomic E-state index is 13.7. The minimum atomic E-state index is -0.430. The molecule has 1 aliphatic heterocycles. The minimum Gasteiger partial charge on any atom is -0.330 e. The monoisotopic (exact) mass is 381 g/mol. The highest BCUT2D eigenvalue weighted by atomic mass is 35.5. The molecule has 7 heteroatoms. The maximum Gasteiger partial charge on any atom is 0.242 e. The normalized spacial score (nSPS) is 16.0. The molecule has 1 aromatic heterocycles. The number of hydrogen-bond donors (Lipinski definition) is 1. The van der Waals surface area contributed by atoms with E-state index in [9.17, 15) is 4.79 Å². The van der Waals surface area contributed by atoms with Gasteiger partial charge in [-0.05, 0) is 56.6 Å². The fourth-order valence-corrected chi connectivity index (χ4v) is 3.74. The van der Waals surface area contributed by atoms with Crippen LogP contribution in [-0.2, 0) is 4.79 Å². The van der Waals surface area contributed by atoms with Gasteiger partial charge in [0.15, 0.2) is 0 Å². The predicted molar refractivity (Wildman–Crippen MR) is 106 cm³/mol. The van der Waals surface area contributed by atoms with Gasteiger partial charge in [0.1, 0.15) is 11.6 Å². The van der Waals surface area contributed by atoms with E-state index in [1.54, 1.807) is 4.90 Å². The summed E-state index contributed by atoms with van der Waals surface area (Å²) in [7, 11) is 0. The minimum absolute atomic E-state index is 0.0516. The van der Waals surface area contributed by atoms with Gasteiger partial charge < -0.3 is 5.73 Å². The predicted octanol–water partition coefficient (Wildman–Crippen LogP) is 3.73. The number of rotatable bonds is 4.